The van der Waals surface area contributed by atoms with Gasteiger partial charge in [0.25, 0.3) is 0 Å². The minimum Gasteiger partial charge on any atom is -0.393 e. The summed E-state index contributed by atoms with van der Waals surface area (Å²) in [4.78, 5) is 26.2. The van der Waals surface area contributed by atoms with E-state index in [0.717, 1.165) is 179 Å². The molecule has 0 radical (unpaired) electrons. The quantitative estimate of drug-likeness (QED) is 0.0500. The minimum absolute atomic E-state index is 0. The Kier molecular flexibility index (Phi) is 30.2. The molecular formula is C69H101ClN10O9S. The van der Waals surface area contributed by atoms with Crippen LogP contribution in [0.15, 0.2) is 49.4 Å². The van der Waals surface area contributed by atoms with Gasteiger partial charge in [0.15, 0.2) is 17.3 Å². The van der Waals surface area contributed by atoms with Gasteiger partial charge in [-0.2, -0.15) is 0 Å². The second kappa shape index (κ2) is 36.3. The van der Waals surface area contributed by atoms with Crippen molar-refractivity contribution in [1.82, 2.24) is 45.4 Å². The summed E-state index contributed by atoms with van der Waals surface area (Å²) < 4.78 is 39.6. The highest BCUT2D eigenvalue weighted by Crippen LogP contribution is 2.40. The number of aliphatic hydroxyl groups is 4. The first-order valence-electron chi connectivity index (χ1n) is 31.8. The average Bonchev–Trinajstić information content (AvgIpc) is 1.76. The lowest BCUT2D eigenvalue weighted by atomic mass is 9.85. The van der Waals surface area contributed by atoms with Crippen LogP contribution >= 0.6 is 11.6 Å². The molecule has 6 saturated carbocycles. The number of terminal acetylenes is 1. The molecule has 0 spiro atoms. The highest BCUT2D eigenvalue weighted by molar-refractivity contribution is 7.90. The highest BCUT2D eigenvalue weighted by atomic mass is 35.5. The van der Waals surface area contributed by atoms with Crippen molar-refractivity contribution in [3.05, 3.63) is 81.2 Å². The largest absolute Gasteiger partial charge is 0.393 e. The van der Waals surface area contributed by atoms with E-state index in [4.69, 9.17) is 51.1 Å². The van der Waals surface area contributed by atoms with Crippen LogP contribution in [-0.4, -0.2) is 110 Å². The number of aliphatic hydroxyl groups excluding tert-OH is 3. The summed E-state index contributed by atoms with van der Waals surface area (Å²) in [6.45, 7) is 16.4. The van der Waals surface area contributed by atoms with E-state index >= 15 is 0 Å². The van der Waals surface area contributed by atoms with Gasteiger partial charge in [0.05, 0.1) is 46.0 Å². The maximum atomic E-state index is 11.5. The average molecular weight is 1280 g/mol. The Morgan fingerprint density at radius 3 is 1.28 bits per heavy atom. The molecule has 6 N–H and O–H groups in total. The van der Waals surface area contributed by atoms with Crippen molar-refractivity contribution in [3.8, 4) is 58.5 Å². The van der Waals surface area contributed by atoms with Gasteiger partial charge in [0.2, 0.25) is 15.0 Å². The lowest BCUT2D eigenvalue weighted by molar-refractivity contribution is 0.102. The molecule has 0 saturated heterocycles. The Bertz CT molecular complexity index is 3320. The van der Waals surface area contributed by atoms with Crippen LogP contribution in [0, 0.1) is 74.5 Å². The summed E-state index contributed by atoms with van der Waals surface area (Å²) in [5.41, 5.74) is 13.2. The van der Waals surface area contributed by atoms with Crippen LogP contribution in [0.4, 0.5) is 0 Å². The minimum atomic E-state index is -3.43. The van der Waals surface area contributed by atoms with Crippen LogP contribution in [0.2, 0.25) is 5.02 Å². The van der Waals surface area contributed by atoms with Crippen molar-refractivity contribution < 1.29 is 42.4 Å². The second-order valence-corrected chi connectivity index (χ2v) is 28.1. The van der Waals surface area contributed by atoms with Gasteiger partial charge in [-0.15, -0.1) is 24.2 Å². The Morgan fingerprint density at radius 1 is 0.567 bits per heavy atom. The van der Waals surface area contributed by atoms with Crippen LogP contribution in [0.5, 0.6) is 0 Å². The topological polar surface area (TPSA) is 297 Å². The molecule has 12 rings (SSSR count). The van der Waals surface area contributed by atoms with Gasteiger partial charge in [-0.3, -0.25) is 0 Å². The van der Waals surface area contributed by atoms with E-state index < -0.39 is 15.4 Å². The maximum absolute atomic E-state index is 11.5. The van der Waals surface area contributed by atoms with Crippen LogP contribution in [0.3, 0.4) is 0 Å². The van der Waals surface area contributed by atoms with Crippen molar-refractivity contribution in [2.75, 3.05) is 6.26 Å². The molecule has 0 amide bonds. The van der Waals surface area contributed by atoms with E-state index in [-0.39, 0.29) is 30.9 Å². The SMILES string of the molecule is C.C#CC.CC#CC.CC(C)(C)O.Cc1noc(-c2ccnc(CC3CCC(O)CC3)n2)c1CC1CC1.Cc1noc(-c2ccnc(S(C)(=O)=O)n2)c1CC1CC1.Cc1noc(-c2nc(CC3CCC(O)CC3)ncc2Cl)c1CC1CC1.NC1CCC(O)CC1. The normalized spacial score (nSPS) is 21.0. The number of nitrogens with two attached hydrogens (primary N) is 1. The first-order valence-corrected chi connectivity index (χ1v) is 34.1. The third kappa shape index (κ3) is 26.0. The van der Waals surface area contributed by atoms with Crippen molar-refractivity contribution in [2.24, 2.45) is 35.3 Å². The zero-order valence-corrected chi connectivity index (χ0v) is 55.7. The van der Waals surface area contributed by atoms with E-state index in [0.29, 0.717) is 51.7 Å². The van der Waals surface area contributed by atoms with Crippen LogP contribution < -0.4 is 5.73 Å². The molecule has 21 heteroatoms. The van der Waals surface area contributed by atoms with Gasteiger partial charge in [0.1, 0.15) is 28.7 Å². The number of sulfone groups is 1. The Balaban J connectivity index is 0.000000213. The molecular weight excluding hydrogens is 1180 g/mol. The lowest BCUT2D eigenvalue weighted by Gasteiger charge is -2.24. The number of hydrogen-bond donors (Lipinski definition) is 5. The predicted octanol–water partition coefficient (Wildman–Crippen LogP) is 12.8. The fourth-order valence-corrected chi connectivity index (χ4v) is 11.2. The fourth-order valence-electron chi connectivity index (χ4n) is 10.6. The third-order valence-corrected chi connectivity index (χ3v) is 17.4. The Labute approximate surface area is 540 Å². The molecule has 0 aliphatic heterocycles. The van der Waals surface area contributed by atoms with Gasteiger partial charge in [-0.05, 0) is 239 Å². The first kappa shape index (κ1) is 74.8. The molecule has 494 valence electrons. The summed E-state index contributed by atoms with van der Waals surface area (Å²) in [6, 6.07) is 3.92. The Morgan fingerprint density at radius 2 is 0.900 bits per heavy atom. The van der Waals surface area contributed by atoms with Crippen molar-refractivity contribution in [2.45, 2.75) is 253 Å². The molecule has 0 atom stereocenters. The first-order chi connectivity index (χ1) is 42.3. The van der Waals surface area contributed by atoms with E-state index in [1.165, 1.54) is 50.3 Å². The Hall–Kier alpha value is -5.97. The number of hydrogen-bond acceptors (Lipinski definition) is 19. The molecule has 90 heavy (non-hydrogen) atoms. The molecule has 6 fully saturated rings. The standard InChI is InChI=1S/C19H24ClN3O2.C19H25N3O2.C13H15N3O3S.C6H13NO.C4H10O.C4H6.C3H4.CH4/c1-11-15(8-12-2-3-12)19(25-23-11)18-16(20)10-21-17(22-18)9-13-4-6-14(24)7-5-13;1-12-16(10-13-2-3-13)19(24-22-12)17-8-9-20-18(21-17)11-14-4-6-15(23)7-5-14;1-8-10(7-9-3-4-9)12(19-16-8)11-5-6-14-13(15-11)20(2,17)18;7-5-1-3-6(8)4-2-5;1-4(2,3)5;1-3-4-2;1-3-2;/h10,12-14,24H,2-9H2,1H3;8-9,13-15,23H,2-7,10-11H2,1H3;5-6,9H,3-4,7H2,1-2H3;5-6,8H,1-4,7H2;5H,1-3H3;1-2H3;1H,2H3;1H4. The summed E-state index contributed by atoms with van der Waals surface area (Å²) >= 11 is 6.38. The zero-order valence-electron chi connectivity index (χ0n) is 54.1. The summed E-state index contributed by atoms with van der Waals surface area (Å²) in [5, 5.41) is 49.4. The summed E-state index contributed by atoms with van der Waals surface area (Å²) in [6.07, 6.45) is 34.1. The molecule has 6 aromatic heterocycles. The lowest BCUT2D eigenvalue weighted by Crippen LogP contribution is -2.28. The summed E-state index contributed by atoms with van der Waals surface area (Å²) in [7, 11) is -3.43. The molecule has 6 heterocycles. The predicted molar refractivity (Wildman–Crippen MR) is 352 cm³/mol. The second-order valence-electron chi connectivity index (χ2n) is 25.8. The third-order valence-electron chi connectivity index (χ3n) is 16.2. The monoisotopic (exact) mass is 1280 g/mol. The van der Waals surface area contributed by atoms with Crippen LogP contribution in [-0.2, 0) is 41.9 Å². The molecule has 0 bridgehead atoms. The molecule has 0 aromatic carbocycles. The smallest absolute Gasteiger partial charge is 0.247 e. The van der Waals surface area contributed by atoms with Gasteiger partial charge >= 0.3 is 0 Å². The molecule has 0 unspecified atom stereocenters. The molecule has 6 aliphatic carbocycles. The number of aryl methyl sites for hydroxylation is 3. The molecule has 6 aliphatic rings. The number of rotatable bonds is 14. The zero-order chi connectivity index (χ0) is 64.8. The van der Waals surface area contributed by atoms with Crippen molar-refractivity contribution >= 4 is 21.4 Å². The van der Waals surface area contributed by atoms with E-state index in [2.05, 4.69) is 59.6 Å². The van der Waals surface area contributed by atoms with Crippen LogP contribution in [0.1, 0.15) is 210 Å². The van der Waals surface area contributed by atoms with E-state index in [1.807, 2.05) is 46.9 Å². The van der Waals surface area contributed by atoms with Gasteiger partial charge < -0.3 is 39.7 Å². The van der Waals surface area contributed by atoms with E-state index in [1.54, 1.807) is 40.0 Å². The van der Waals surface area contributed by atoms with E-state index in [9.17, 15) is 18.6 Å². The molecule has 19 nitrogen and oxygen atoms in total. The van der Waals surface area contributed by atoms with Gasteiger partial charge in [0, 0.05) is 60.4 Å². The highest BCUT2D eigenvalue weighted by Gasteiger charge is 2.31. The molecule has 6 aromatic rings. The van der Waals surface area contributed by atoms with Crippen molar-refractivity contribution in [3.63, 3.8) is 0 Å². The number of aromatic nitrogens is 9. The number of halogens is 1. The summed E-state index contributed by atoms with van der Waals surface area (Å²) in [5.74, 6) is 14.7. The van der Waals surface area contributed by atoms with Crippen molar-refractivity contribution in [1.29, 1.82) is 0 Å². The van der Waals surface area contributed by atoms with Gasteiger partial charge in [-0.25, -0.2) is 38.3 Å². The van der Waals surface area contributed by atoms with Gasteiger partial charge in [-0.1, -0.05) is 34.5 Å². The maximum Gasteiger partial charge on any atom is 0.247 e. The van der Waals surface area contributed by atoms with Crippen LogP contribution in [0.25, 0.3) is 34.4 Å². The fraction of sp³-hybridized carbons (Fsp3) is 0.638. The number of nitrogens with zero attached hydrogens (tertiary/aromatic N) is 9.